The van der Waals surface area contributed by atoms with Crippen molar-refractivity contribution in [2.45, 2.75) is 70.4 Å². The van der Waals surface area contributed by atoms with Gasteiger partial charge < -0.3 is 10.2 Å². The Morgan fingerprint density at radius 3 is 2.32 bits per heavy atom. The van der Waals surface area contributed by atoms with Gasteiger partial charge in [-0.25, -0.2) is 4.79 Å². The minimum Gasteiger partial charge on any atom is -0.338 e. The van der Waals surface area contributed by atoms with E-state index in [1.807, 2.05) is 0 Å². The molecule has 0 atom stereocenters. The topological polar surface area (TPSA) is 35.6 Å². The van der Waals surface area contributed by atoms with E-state index in [9.17, 15) is 4.79 Å². The molecule has 1 saturated heterocycles. The van der Waals surface area contributed by atoms with E-state index in [0.29, 0.717) is 12.0 Å². The van der Waals surface area contributed by atoms with Gasteiger partial charge in [0, 0.05) is 25.7 Å². The SMILES string of the molecule is O=C(NCC1CCN(Cc2ccccc2)CC1)N(CC1CC1)C1CCCCC1. The lowest BCUT2D eigenvalue weighted by molar-refractivity contribution is 0.144. The zero-order chi connectivity index (χ0) is 19.2. The summed E-state index contributed by atoms with van der Waals surface area (Å²) < 4.78 is 0. The quantitative estimate of drug-likeness (QED) is 0.744. The lowest BCUT2D eigenvalue weighted by Crippen LogP contribution is -2.49. The molecule has 0 unspecified atom stereocenters. The van der Waals surface area contributed by atoms with Gasteiger partial charge in [0.1, 0.15) is 0 Å². The van der Waals surface area contributed by atoms with Crippen molar-refractivity contribution >= 4 is 6.03 Å². The molecule has 0 aromatic heterocycles. The minimum absolute atomic E-state index is 0.213. The molecule has 1 aromatic rings. The molecule has 0 bridgehead atoms. The summed E-state index contributed by atoms with van der Waals surface area (Å²) in [6, 6.07) is 11.5. The van der Waals surface area contributed by atoms with Crippen LogP contribution in [-0.4, -0.2) is 48.1 Å². The van der Waals surface area contributed by atoms with Crippen molar-refractivity contribution in [3.63, 3.8) is 0 Å². The normalized spacial score (nSPS) is 22.1. The van der Waals surface area contributed by atoms with E-state index < -0.39 is 0 Å². The standard InChI is InChI=1S/C24H37N3O/c28-24(27(19-22-11-12-22)23-9-5-2-6-10-23)25-17-20-13-15-26(16-14-20)18-21-7-3-1-4-8-21/h1,3-4,7-8,20,22-23H,2,5-6,9-19H2,(H,25,28). The van der Waals surface area contributed by atoms with Gasteiger partial charge in [-0.2, -0.15) is 0 Å². The van der Waals surface area contributed by atoms with Gasteiger partial charge in [-0.1, -0.05) is 49.6 Å². The zero-order valence-corrected chi connectivity index (χ0v) is 17.3. The van der Waals surface area contributed by atoms with Crippen molar-refractivity contribution in [1.82, 2.24) is 15.1 Å². The second kappa shape index (κ2) is 9.78. The molecule has 28 heavy (non-hydrogen) atoms. The van der Waals surface area contributed by atoms with Crippen molar-refractivity contribution in [2.75, 3.05) is 26.2 Å². The average Bonchev–Trinajstić information content (AvgIpc) is 3.57. The van der Waals surface area contributed by atoms with Crippen molar-refractivity contribution < 1.29 is 4.79 Å². The summed E-state index contributed by atoms with van der Waals surface area (Å²) in [5.74, 6) is 1.40. The number of hydrogen-bond acceptors (Lipinski definition) is 2. The number of piperidine rings is 1. The molecule has 4 rings (SSSR count). The number of nitrogens with one attached hydrogen (secondary N) is 1. The fourth-order valence-corrected chi connectivity index (χ4v) is 4.89. The third-order valence-corrected chi connectivity index (χ3v) is 6.93. The molecule has 4 nitrogen and oxygen atoms in total. The number of urea groups is 1. The van der Waals surface area contributed by atoms with E-state index in [1.165, 1.54) is 63.4 Å². The molecule has 1 aromatic carbocycles. The van der Waals surface area contributed by atoms with Gasteiger partial charge in [-0.3, -0.25) is 4.90 Å². The first-order valence-corrected chi connectivity index (χ1v) is 11.6. The van der Waals surface area contributed by atoms with E-state index in [-0.39, 0.29) is 6.03 Å². The second-order valence-corrected chi connectivity index (χ2v) is 9.28. The third kappa shape index (κ3) is 5.73. The van der Waals surface area contributed by atoms with Crippen LogP contribution >= 0.6 is 0 Å². The van der Waals surface area contributed by atoms with Crippen LogP contribution in [0.5, 0.6) is 0 Å². The van der Waals surface area contributed by atoms with Gasteiger partial charge in [0.25, 0.3) is 0 Å². The number of hydrogen-bond donors (Lipinski definition) is 1. The Morgan fingerprint density at radius 1 is 0.929 bits per heavy atom. The van der Waals surface area contributed by atoms with E-state index in [0.717, 1.165) is 38.6 Å². The maximum atomic E-state index is 13.0. The third-order valence-electron chi connectivity index (χ3n) is 6.93. The Bertz CT molecular complexity index is 602. The first-order valence-electron chi connectivity index (χ1n) is 11.6. The summed E-state index contributed by atoms with van der Waals surface area (Å²) in [5.41, 5.74) is 1.40. The van der Waals surface area contributed by atoms with E-state index in [1.54, 1.807) is 0 Å². The number of carbonyl (C=O) groups is 1. The van der Waals surface area contributed by atoms with Crippen LogP contribution in [0.15, 0.2) is 30.3 Å². The van der Waals surface area contributed by atoms with E-state index in [2.05, 4.69) is 45.4 Å². The molecule has 2 aliphatic carbocycles. The zero-order valence-electron chi connectivity index (χ0n) is 17.3. The molecule has 1 N–H and O–H groups in total. The fourth-order valence-electron chi connectivity index (χ4n) is 4.89. The maximum Gasteiger partial charge on any atom is 0.317 e. The van der Waals surface area contributed by atoms with Crippen LogP contribution in [0.4, 0.5) is 4.79 Å². The minimum atomic E-state index is 0.213. The molecule has 0 spiro atoms. The lowest BCUT2D eigenvalue weighted by atomic mass is 9.94. The first kappa shape index (κ1) is 19.8. The molecule has 3 fully saturated rings. The summed E-state index contributed by atoms with van der Waals surface area (Å²) in [6.07, 6.45) is 11.4. The summed E-state index contributed by atoms with van der Waals surface area (Å²) in [7, 11) is 0. The number of carbonyl (C=O) groups excluding carboxylic acids is 1. The Balaban J connectivity index is 1.20. The van der Waals surface area contributed by atoms with Crippen LogP contribution in [0, 0.1) is 11.8 Å². The van der Waals surface area contributed by atoms with Gasteiger partial charge >= 0.3 is 6.03 Å². The average molecular weight is 384 g/mol. The van der Waals surface area contributed by atoms with Gasteiger partial charge in [0.05, 0.1) is 0 Å². The highest BCUT2D eigenvalue weighted by atomic mass is 16.2. The lowest BCUT2D eigenvalue weighted by Gasteiger charge is -2.36. The highest BCUT2D eigenvalue weighted by molar-refractivity contribution is 5.74. The smallest absolute Gasteiger partial charge is 0.317 e. The van der Waals surface area contributed by atoms with Gasteiger partial charge in [0.15, 0.2) is 0 Å². The molecule has 154 valence electrons. The molecule has 1 heterocycles. The van der Waals surface area contributed by atoms with Gasteiger partial charge in [-0.05, 0) is 69.0 Å². The summed E-state index contributed by atoms with van der Waals surface area (Å²) in [5, 5.41) is 3.32. The number of benzene rings is 1. The molecular weight excluding hydrogens is 346 g/mol. The van der Waals surface area contributed by atoms with Crippen LogP contribution in [-0.2, 0) is 6.54 Å². The number of amides is 2. The summed E-state index contributed by atoms with van der Waals surface area (Å²) in [6.45, 7) is 5.18. The fraction of sp³-hybridized carbons (Fsp3) is 0.708. The van der Waals surface area contributed by atoms with Crippen LogP contribution in [0.2, 0.25) is 0 Å². The maximum absolute atomic E-state index is 13.0. The Labute approximate surface area is 170 Å². The number of likely N-dealkylation sites (tertiary alicyclic amines) is 1. The molecule has 2 amide bonds. The van der Waals surface area contributed by atoms with E-state index >= 15 is 0 Å². The van der Waals surface area contributed by atoms with Crippen LogP contribution in [0.1, 0.15) is 63.4 Å². The van der Waals surface area contributed by atoms with Crippen LogP contribution < -0.4 is 5.32 Å². The monoisotopic (exact) mass is 383 g/mol. The van der Waals surface area contributed by atoms with Crippen LogP contribution in [0.3, 0.4) is 0 Å². The van der Waals surface area contributed by atoms with Crippen LogP contribution in [0.25, 0.3) is 0 Å². The first-order chi connectivity index (χ1) is 13.8. The molecular formula is C24H37N3O. The number of nitrogens with zero attached hydrogens (tertiary/aromatic N) is 2. The predicted molar refractivity (Wildman–Crippen MR) is 114 cm³/mol. The second-order valence-electron chi connectivity index (χ2n) is 9.28. The van der Waals surface area contributed by atoms with Gasteiger partial charge in [-0.15, -0.1) is 0 Å². The van der Waals surface area contributed by atoms with Crippen molar-refractivity contribution in [3.8, 4) is 0 Å². The number of rotatable bonds is 7. The molecule has 1 aliphatic heterocycles. The van der Waals surface area contributed by atoms with Crippen molar-refractivity contribution in [3.05, 3.63) is 35.9 Å². The molecule has 0 radical (unpaired) electrons. The highest BCUT2D eigenvalue weighted by Gasteiger charge is 2.32. The van der Waals surface area contributed by atoms with Crippen molar-refractivity contribution in [2.24, 2.45) is 11.8 Å². The summed E-state index contributed by atoms with van der Waals surface area (Å²) >= 11 is 0. The molecule has 3 aliphatic rings. The molecule has 4 heteroatoms. The molecule has 2 saturated carbocycles. The Morgan fingerprint density at radius 2 is 1.64 bits per heavy atom. The van der Waals surface area contributed by atoms with E-state index in [4.69, 9.17) is 0 Å². The Hall–Kier alpha value is -1.55. The predicted octanol–water partition coefficient (Wildman–Crippen LogP) is 4.65. The van der Waals surface area contributed by atoms with Gasteiger partial charge in [0.2, 0.25) is 0 Å². The highest BCUT2D eigenvalue weighted by Crippen LogP contribution is 2.32. The summed E-state index contributed by atoms with van der Waals surface area (Å²) in [4.78, 5) is 17.7. The Kier molecular flexibility index (Phi) is 6.90. The van der Waals surface area contributed by atoms with Crippen molar-refractivity contribution in [1.29, 1.82) is 0 Å². The largest absolute Gasteiger partial charge is 0.338 e.